The highest BCUT2D eigenvalue weighted by atomic mass is 16.5. The minimum atomic E-state index is -0.458. The van der Waals surface area contributed by atoms with Crippen molar-refractivity contribution in [3.63, 3.8) is 0 Å². The third kappa shape index (κ3) is 4.63. The van der Waals surface area contributed by atoms with Crippen LogP contribution in [0.1, 0.15) is 75.5 Å². The van der Waals surface area contributed by atoms with Crippen LogP contribution in [0.5, 0.6) is 0 Å². The number of esters is 1. The smallest absolute Gasteiger partial charge is 0.318 e. The van der Waals surface area contributed by atoms with Gasteiger partial charge in [-0.05, 0) is 50.7 Å². The first-order chi connectivity index (χ1) is 13.0. The Morgan fingerprint density at radius 2 is 1.93 bits per heavy atom. The molecule has 1 atom stereocenters. The molecule has 1 aromatic carbocycles. The number of hydrogen-bond donors (Lipinski definition) is 1. The topological polar surface area (TPSA) is 58.6 Å². The summed E-state index contributed by atoms with van der Waals surface area (Å²) >= 11 is 0. The third-order valence-corrected chi connectivity index (χ3v) is 6.03. The molecule has 0 bridgehead atoms. The average molecular weight is 373 g/mol. The van der Waals surface area contributed by atoms with Crippen molar-refractivity contribution in [2.24, 2.45) is 0 Å². The fraction of sp³-hybridized carbons (Fsp3) is 0.636. The molecule has 1 saturated heterocycles. The lowest BCUT2D eigenvalue weighted by molar-refractivity contribution is -0.145. The summed E-state index contributed by atoms with van der Waals surface area (Å²) in [5.41, 5.74) is 2.00. The minimum absolute atomic E-state index is 0.0352. The SMILES string of the molecule is CCOC(=O)CC1(NC(=O)N2CCC[C@H]2c2ccccc2C)CCCCC1. The normalized spacial score (nSPS) is 21.7. The largest absolute Gasteiger partial charge is 0.466 e. The molecule has 0 unspecified atom stereocenters. The van der Waals surface area contributed by atoms with Crippen molar-refractivity contribution in [3.05, 3.63) is 35.4 Å². The molecule has 1 aliphatic heterocycles. The van der Waals surface area contributed by atoms with Gasteiger partial charge in [-0.15, -0.1) is 0 Å². The van der Waals surface area contributed by atoms with E-state index in [1.165, 1.54) is 11.1 Å². The highest BCUT2D eigenvalue weighted by molar-refractivity contribution is 5.78. The predicted molar refractivity (Wildman–Crippen MR) is 105 cm³/mol. The molecular formula is C22H32N2O3. The second-order valence-corrected chi connectivity index (χ2v) is 7.96. The second kappa shape index (κ2) is 8.77. The lowest BCUT2D eigenvalue weighted by atomic mass is 9.79. The number of nitrogens with zero attached hydrogens (tertiary/aromatic N) is 1. The molecule has 5 nitrogen and oxygen atoms in total. The van der Waals surface area contributed by atoms with Crippen molar-refractivity contribution in [1.29, 1.82) is 0 Å². The number of urea groups is 1. The Labute approximate surface area is 162 Å². The Morgan fingerprint density at radius 3 is 2.63 bits per heavy atom. The quantitative estimate of drug-likeness (QED) is 0.774. The van der Waals surface area contributed by atoms with E-state index in [9.17, 15) is 9.59 Å². The minimum Gasteiger partial charge on any atom is -0.466 e. The summed E-state index contributed by atoms with van der Waals surface area (Å²) in [6.45, 7) is 5.07. The number of likely N-dealkylation sites (tertiary alicyclic amines) is 1. The third-order valence-electron chi connectivity index (χ3n) is 6.03. The van der Waals surface area contributed by atoms with Gasteiger partial charge >= 0.3 is 12.0 Å². The summed E-state index contributed by atoms with van der Waals surface area (Å²) in [6.07, 6.45) is 7.22. The van der Waals surface area contributed by atoms with Gasteiger partial charge in [0.1, 0.15) is 0 Å². The van der Waals surface area contributed by atoms with Gasteiger partial charge in [-0.3, -0.25) is 4.79 Å². The van der Waals surface area contributed by atoms with Gasteiger partial charge in [0.25, 0.3) is 0 Å². The molecule has 1 aliphatic carbocycles. The van der Waals surface area contributed by atoms with Crippen LogP contribution in [0.2, 0.25) is 0 Å². The number of aryl methyl sites for hydroxylation is 1. The fourth-order valence-electron chi connectivity index (χ4n) is 4.66. The van der Waals surface area contributed by atoms with Crippen LogP contribution in [0, 0.1) is 6.92 Å². The molecule has 2 aliphatic rings. The molecule has 3 rings (SSSR count). The average Bonchev–Trinajstić information content (AvgIpc) is 3.12. The number of carbonyl (C=O) groups excluding carboxylic acids is 2. The number of ether oxygens (including phenoxy) is 1. The van der Waals surface area contributed by atoms with Crippen LogP contribution in [0.4, 0.5) is 4.79 Å². The number of amides is 2. The number of carbonyl (C=O) groups is 2. The zero-order valence-electron chi connectivity index (χ0n) is 16.6. The molecule has 1 N–H and O–H groups in total. The van der Waals surface area contributed by atoms with Gasteiger partial charge < -0.3 is 15.0 Å². The fourth-order valence-corrected chi connectivity index (χ4v) is 4.66. The summed E-state index contributed by atoms with van der Waals surface area (Å²) in [6, 6.07) is 8.39. The van der Waals surface area contributed by atoms with Gasteiger partial charge in [0.2, 0.25) is 0 Å². The molecule has 0 radical (unpaired) electrons. The molecule has 0 spiro atoms. The molecule has 1 saturated carbocycles. The monoisotopic (exact) mass is 372 g/mol. The van der Waals surface area contributed by atoms with Crippen LogP contribution in [0.15, 0.2) is 24.3 Å². The van der Waals surface area contributed by atoms with Crippen LogP contribution in [0.25, 0.3) is 0 Å². The molecular weight excluding hydrogens is 340 g/mol. The lowest BCUT2D eigenvalue weighted by Crippen LogP contribution is -2.55. The summed E-state index contributed by atoms with van der Waals surface area (Å²) in [7, 11) is 0. The maximum absolute atomic E-state index is 13.2. The van der Waals surface area contributed by atoms with Crippen molar-refractivity contribution in [1.82, 2.24) is 10.2 Å². The van der Waals surface area contributed by atoms with Crippen LogP contribution in [-0.2, 0) is 9.53 Å². The number of hydrogen-bond acceptors (Lipinski definition) is 3. The van der Waals surface area contributed by atoms with Crippen molar-refractivity contribution < 1.29 is 14.3 Å². The van der Waals surface area contributed by atoms with E-state index in [4.69, 9.17) is 4.74 Å². The zero-order chi connectivity index (χ0) is 19.3. The number of nitrogens with one attached hydrogen (secondary N) is 1. The van der Waals surface area contributed by atoms with Gasteiger partial charge in [0.15, 0.2) is 0 Å². The van der Waals surface area contributed by atoms with Gasteiger partial charge in [0.05, 0.1) is 24.6 Å². The predicted octanol–water partition coefficient (Wildman–Crippen LogP) is 4.50. The van der Waals surface area contributed by atoms with Crippen molar-refractivity contribution in [2.75, 3.05) is 13.2 Å². The Hall–Kier alpha value is -2.04. The first kappa shape index (κ1) is 19.7. The Morgan fingerprint density at radius 1 is 1.19 bits per heavy atom. The summed E-state index contributed by atoms with van der Waals surface area (Å²) in [5, 5.41) is 3.27. The van der Waals surface area contributed by atoms with E-state index in [1.54, 1.807) is 0 Å². The van der Waals surface area contributed by atoms with Crippen LogP contribution in [0.3, 0.4) is 0 Å². The molecule has 0 aromatic heterocycles. The Bertz CT molecular complexity index is 667. The van der Waals surface area contributed by atoms with Gasteiger partial charge in [-0.2, -0.15) is 0 Å². The Balaban J connectivity index is 1.74. The van der Waals surface area contributed by atoms with Gasteiger partial charge in [0, 0.05) is 6.54 Å². The highest BCUT2D eigenvalue weighted by Crippen LogP contribution is 2.36. The van der Waals surface area contributed by atoms with Gasteiger partial charge in [-0.25, -0.2) is 4.79 Å². The van der Waals surface area contributed by atoms with Crippen molar-refractivity contribution in [2.45, 2.75) is 76.8 Å². The van der Waals surface area contributed by atoms with Crippen LogP contribution < -0.4 is 5.32 Å². The van der Waals surface area contributed by atoms with E-state index < -0.39 is 5.54 Å². The summed E-state index contributed by atoms with van der Waals surface area (Å²) in [4.78, 5) is 27.3. The standard InChI is InChI=1S/C22H32N2O3/c1-3-27-20(25)16-22(13-7-4-8-14-22)23-21(26)24-15-9-12-19(24)18-11-6-5-10-17(18)2/h5-6,10-11,19H,3-4,7-9,12-16H2,1-2H3,(H,23,26)/t19-/m0/s1. The molecule has 2 fully saturated rings. The van der Waals surface area contributed by atoms with Crippen molar-refractivity contribution in [3.8, 4) is 0 Å². The number of benzene rings is 1. The Kier molecular flexibility index (Phi) is 6.40. The first-order valence-corrected chi connectivity index (χ1v) is 10.3. The first-order valence-electron chi connectivity index (χ1n) is 10.3. The van der Waals surface area contributed by atoms with Gasteiger partial charge in [-0.1, -0.05) is 43.5 Å². The van der Waals surface area contributed by atoms with Crippen LogP contribution >= 0.6 is 0 Å². The van der Waals surface area contributed by atoms with E-state index >= 15 is 0 Å². The number of rotatable bonds is 5. The van der Waals surface area contributed by atoms with Crippen molar-refractivity contribution >= 4 is 12.0 Å². The van der Waals surface area contributed by atoms with E-state index in [2.05, 4.69) is 24.4 Å². The molecule has 148 valence electrons. The van der Waals surface area contributed by atoms with E-state index in [0.29, 0.717) is 6.61 Å². The van der Waals surface area contributed by atoms with Crippen LogP contribution in [-0.4, -0.2) is 35.6 Å². The molecule has 1 aromatic rings. The van der Waals surface area contributed by atoms with E-state index in [-0.39, 0.29) is 24.5 Å². The molecule has 27 heavy (non-hydrogen) atoms. The zero-order valence-corrected chi connectivity index (χ0v) is 16.6. The maximum atomic E-state index is 13.2. The van der Waals surface area contributed by atoms with E-state index in [1.807, 2.05) is 24.0 Å². The summed E-state index contributed by atoms with van der Waals surface area (Å²) in [5.74, 6) is -0.212. The highest BCUT2D eigenvalue weighted by Gasteiger charge is 2.39. The molecule has 1 heterocycles. The summed E-state index contributed by atoms with van der Waals surface area (Å²) < 4.78 is 5.18. The van der Waals surface area contributed by atoms with E-state index in [0.717, 1.165) is 51.5 Å². The maximum Gasteiger partial charge on any atom is 0.318 e. The lowest BCUT2D eigenvalue weighted by Gasteiger charge is -2.39. The molecule has 5 heteroatoms. The molecule has 2 amide bonds. The second-order valence-electron chi connectivity index (χ2n) is 7.96.